The van der Waals surface area contributed by atoms with Crippen molar-refractivity contribution in [1.82, 2.24) is 5.32 Å². The average molecular weight is 330 g/mol. The molecule has 1 rings (SSSR count). The highest BCUT2D eigenvalue weighted by atomic mass is 79.9. The molecule has 0 heterocycles. The summed E-state index contributed by atoms with van der Waals surface area (Å²) >= 11 is 3.19. The van der Waals surface area contributed by atoms with Crippen molar-refractivity contribution < 1.29 is 19.8 Å². The Morgan fingerprint density at radius 1 is 1.42 bits per heavy atom. The number of carbonyl (C=O) groups excluding carboxylic acids is 1. The Hall–Kier alpha value is -1.56. The predicted octanol–water partition coefficient (Wildman–Crippen LogP) is 2.39. The SMILES string of the molecule is CC(CCCNC(=O)c1ccc(Br)cc1O)C(=O)O. The minimum Gasteiger partial charge on any atom is -0.507 e. The van der Waals surface area contributed by atoms with Crippen LogP contribution in [-0.4, -0.2) is 28.6 Å². The minimum atomic E-state index is -0.836. The monoisotopic (exact) mass is 329 g/mol. The zero-order chi connectivity index (χ0) is 14.4. The normalized spacial score (nSPS) is 11.9. The Morgan fingerprint density at radius 3 is 2.68 bits per heavy atom. The van der Waals surface area contributed by atoms with Crippen molar-refractivity contribution in [1.29, 1.82) is 0 Å². The van der Waals surface area contributed by atoms with Crippen LogP contribution in [0.5, 0.6) is 5.75 Å². The van der Waals surface area contributed by atoms with E-state index in [1.165, 1.54) is 12.1 Å². The molecule has 0 aliphatic carbocycles. The fraction of sp³-hybridized carbons (Fsp3) is 0.385. The first kappa shape index (κ1) is 15.5. The molecule has 5 nitrogen and oxygen atoms in total. The topological polar surface area (TPSA) is 86.6 Å². The summed E-state index contributed by atoms with van der Waals surface area (Å²) in [5.74, 6) is -1.71. The smallest absolute Gasteiger partial charge is 0.306 e. The Bertz CT molecular complexity index is 476. The predicted molar refractivity (Wildman–Crippen MR) is 74.2 cm³/mol. The summed E-state index contributed by atoms with van der Waals surface area (Å²) in [5, 5.41) is 21.0. The van der Waals surface area contributed by atoms with Gasteiger partial charge in [-0.2, -0.15) is 0 Å². The highest BCUT2D eigenvalue weighted by Crippen LogP contribution is 2.22. The van der Waals surface area contributed by atoms with E-state index in [0.29, 0.717) is 23.9 Å². The van der Waals surface area contributed by atoms with Crippen molar-refractivity contribution in [2.75, 3.05) is 6.54 Å². The summed E-state index contributed by atoms with van der Waals surface area (Å²) in [4.78, 5) is 22.4. The van der Waals surface area contributed by atoms with E-state index in [1.54, 1.807) is 13.0 Å². The number of hydrogen-bond donors (Lipinski definition) is 3. The van der Waals surface area contributed by atoms with Crippen molar-refractivity contribution in [3.8, 4) is 5.75 Å². The van der Waals surface area contributed by atoms with E-state index in [-0.39, 0.29) is 17.2 Å². The third kappa shape index (κ3) is 4.90. The molecule has 0 aromatic heterocycles. The number of carboxylic acids is 1. The van der Waals surface area contributed by atoms with Crippen molar-refractivity contribution in [2.45, 2.75) is 19.8 Å². The molecule has 1 amide bonds. The summed E-state index contributed by atoms with van der Waals surface area (Å²) in [5.41, 5.74) is 0.203. The molecule has 6 heteroatoms. The molecule has 0 bridgehead atoms. The van der Waals surface area contributed by atoms with Gasteiger partial charge >= 0.3 is 5.97 Å². The van der Waals surface area contributed by atoms with E-state index in [0.717, 1.165) is 0 Å². The number of aliphatic carboxylic acids is 1. The van der Waals surface area contributed by atoms with Crippen LogP contribution in [0.1, 0.15) is 30.1 Å². The summed E-state index contributed by atoms with van der Waals surface area (Å²) in [6, 6.07) is 4.64. The van der Waals surface area contributed by atoms with Gasteiger partial charge in [0.15, 0.2) is 0 Å². The first-order valence-corrected chi connectivity index (χ1v) is 6.70. The summed E-state index contributed by atoms with van der Waals surface area (Å²) < 4.78 is 0.692. The lowest BCUT2D eigenvalue weighted by Crippen LogP contribution is -2.25. The van der Waals surface area contributed by atoms with Crippen LogP contribution in [0.3, 0.4) is 0 Å². The molecule has 0 spiro atoms. The molecule has 0 radical (unpaired) electrons. The number of rotatable bonds is 6. The molecule has 1 aromatic carbocycles. The van der Waals surface area contributed by atoms with Gasteiger partial charge in [-0.3, -0.25) is 9.59 Å². The second-order valence-electron chi connectivity index (χ2n) is 4.30. The fourth-order valence-electron chi connectivity index (χ4n) is 1.53. The van der Waals surface area contributed by atoms with E-state index in [1.807, 2.05) is 0 Å². The zero-order valence-electron chi connectivity index (χ0n) is 10.5. The van der Waals surface area contributed by atoms with Crippen LogP contribution in [0, 0.1) is 5.92 Å². The second-order valence-corrected chi connectivity index (χ2v) is 5.21. The molecule has 104 valence electrons. The lowest BCUT2D eigenvalue weighted by atomic mass is 10.1. The number of aromatic hydroxyl groups is 1. The van der Waals surface area contributed by atoms with Crippen molar-refractivity contribution >= 4 is 27.8 Å². The van der Waals surface area contributed by atoms with Gasteiger partial charge in [-0.25, -0.2) is 0 Å². The third-order valence-corrected chi connectivity index (χ3v) is 3.22. The van der Waals surface area contributed by atoms with Gasteiger partial charge in [-0.1, -0.05) is 22.9 Å². The van der Waals surface area contributed by atoms with Crippen LogP contribution in [-0.2, 0) is 4.79 Å². The first-order valence-electron chi connectivity index (χ1n) is 5.91. The Balaban J connectivity index is 2.41. The van der Waals surface area contributed by atoms with Crippen LogP contribution < -0.4 is 5.32 Å². The van der Waals surface area contributed by atoms with Crippen LogP contribution >= 0.6 is 15.9 Å². The standard InChI is InChI=1S/C13H16BrNO4/c1-8(13(18)19)3-2-6-15-12(17)10-5-4-9(14)7-11(10)16/h4-5,7-8,16H,2-3,6H2,1H3,(H,15,17)(H,18,19). The average Bonchev–Trinajstić information content (AvgIpc) is 2.33. The Labute approximate surface area is 119 Å². The van der Waals surface area contributed by atoms with Gasteiger partial charge in [0.2, 0.25) is 0 Å². The Morgan fingerprint density at radius 2 is 2.11 bits per heavy atom. The van der Waals surface area contributed by atoms with E-state index in [4.69, 9.17) is 5.11 Å². The number of nitrogens with one attached hydrogen (secondary N) is 1. The van der Waals surface area contributed by atoms with Gasteiger partial charge in [0.25, 0.3) is 5.91 Å². The van der Waals surface area contributed by atoms with Crippen LogP contribution in [0.15, 0.2) is 22.7 Å². The minimum absolute atomic E-state index is 0.0919. The molecule has 1 aromatic rings. The number of benzene rings is 1. The molecule has 0 saturated carbocycles. The van der Waals surface area contributed by atoms with Crippen molar-refractivity contribution in [3.05, 3.63) is 28.2 Å². The third-order valence-electron chi connectivity index (χ3n) is 2.73. The second kappa shape index (κ2) is 7.13. The molecule has 3 N–H and O–H groups in total. The van der Waals surface area contributed by atoms with Gasteiger partial charge < -0.3 is 15.5 Å². The fourth-order valence-corrected chi connectivity index (χ4v) is 1.87. The molecule has 19 heavy (non-hydrogen) atoms. The molecule has 0 aliphatic rings. The van der Waals surface area contributed by atoms with E-state index in [2.05, 4.69) is 21.2 Å². The molecule has 1 atom stereocenters. The number of amides is 1. The highest BCUT2D eigenvalue weighted by molar-refractivity contribution is 9.10. The highest BCUT2D eigenvalue weighted by Gasteiger charge is 2.12. The molecule has 0 fully saturated rings. The molecular weight excluding hydrogens is 314 g/mol. The number of halogens is 1. The maximum atomic E-state index is 11.8. The van der Waals surface area contributed by atoms with Crippen molar-refractivity contribution in [3.63, 3.8) is 0 Å². The van der Waals surface area contributed by atoms with Gasteiger partial charge in [0.05, 0.1) is 11.5 Å². The maximum Gasteiger partial charge on any atom is 0.306 e. The number of carboxylic acid groups (broad SMARTS) is 1. The van der Waals surface area contributed by atoms with Crippen molar-refractivity contribution in [2.24, 2.45) is 5.92 Å². The van der Waals surface area contributed by atoms with Gasteiger partial charge in [0, 0.05) is 11.0 Å². The molecule has 0 aliphatic heterocycles. The summed E-state index contributed by atoms with van der Waals surface area (Å²) in [7, 11) is 0. The van der Waals surface area contributed by atoms with Crippen LogP contribution in [0.25, 0.3) is 0 Å². The summed E-state index contributed by atoms with van der Waals surface area (Å²) in [6.07, 6.45) is 1.08. The van der Waals surface area contributed by atoms with Crippen LogP contribution in [0.4, 0.5) is 0 Å². The number of phenols is 1. The molecule has 1 unspecified atom stereocenters. The molecular formula is C13H16BrNO4. The Kier molecular flexibility index (Phi) is 5.82. The lowest BCUT2D eigenvalue weighted by Gasteiger charge is -2.08. The maximum absolute atomic E-state index is 11.8. The number of hydrogen-bond acceptors (Lipinski definition) is 3. The van der Waals surface area contributed by atoms with Crippen LogP contribution in [0.2, 0.25) is 0 Å². The van der Waals surface area contributed by atoms with E-state index in [9.17, 15) is 14.7 Å². The quantitative estimate of drug-likeness (QED) is 0.699. The molecule has 0 saturated heterocycles. The van der Waals surface area contributed by atoms with E-state index < -0.39 is 11.9 Å². The van der Waals surface area contributed by atoms with Gasteiger partial charge in [-0.05, 0) is 31.0 Å². The number of phenolic OH excluding ortho intramolecular Hbond substituents is 1. The van der Waals surface area contributed by atoms with Gasteiger partial charge in [-0.15, -0.1) is 0 Å². The zero-order valence-corrected chi connectivity index (χ0v) is 12.1. The lowest BCUT2D eigenvalue weighted by molar-refractivity contribution is -0.141. The van der Waals surface area contributed by atoms with Gasteiger partial charge in [0.1, 0.15) is 5.75 Å². The first-order chi connectivity index (χ1) is 8.91. The number of carbonyl (C=O) groups is 2. The summed E-state index contributed by atoms with van der Waals surface area (Å²) in [6.45, 7) is 2.01. The largest absolute Gasteiger partial charge is 0.507 e. The van der Waals surface area contributed by atoms with E-state index >= 15 is 0 Å².